The van der Waals surface area contributed by atoms with E-state index in [9.17, 15) is 0 Å². The zero-order valence-electron chi connectivity index (χ0n) is 3.63. The second-order valence-electron chi connectivity index (χ2n) is 0.679. The van der Waals surface area contributed by atoms with Crippen LogP contribution >= 0.6 is 43.8 Å². The Kier molecular flexibility index (Phi) is 6.37. The SMILES string of the molecule is CN(SCl)SSN. The van der Waals surface area contributed by atoms with E-state index in [1.807, 2.05) is 7.05 Å². The molecule has 0 aliphatic carbocycles. The van der Waals surface area contributed by atoms with Gasteiger partial charge in [-0.1, -0.05) is 0 Å². The minimum atomic E-state index is 1.12. The molecule has 0 aliphatic heterocycles. The zero-order valence-corrected chi connectivity index (χ0v) is 6.83. The molecule has 2 nitrogen and oxygen atoms in total. The fraction of sp³-hybridized carbons (Fsp3) is 1.00. The predicted molar refractivity (Wildman–Crippen MR) is 40.6 cm³/mol. The topological polar surface area (TPSA) is 29.3 Å². The van der Waals surface area contributed by atoms with Crippen molar-refractivity contribution in [2.45, 2.75) is 0 Å². The molecule has 0 bridgehead atoms. The smallest absolute Gasteiger partial charge is 0.0420 e. The van der Waals surface area contributed by atoms with E-state index in [4.69, 9.17) is 15.8 Å². The lowest BCUT2D eigenvalue weighted by molar-refractivity contribution is 0.968. The summed E-state index contributed by atoms with van der Waals surface area (Å²) in [7, 11) is 9.68. The molecule has 0 amide bonds. The van der Waals surface area contributed by atoms with Gasteiger partial charge in [-0.05, 0) is 10.7 Å². The Labute approximate surface area is 59.8 Å². The largest absolute Gasteiger partial charge is 0.267 e. The number of hydrogen-bond acceptors (Lipinski definition) is 5. The summed E-state index contributed by atoms with van der Waals surface area (Å²) in [6.45, 7) is 0. The molecule has 0 rings (SSSR count). The van der Waals surface area contributed by atoms with Crippen LogP contribution in [0.2, 0.25) is 0 Å². The molecule has 0 aliphatic rings. The lowest BCUT2D eigenvalue weighted by atomic mass is 11.6. The highest BCUT2D eigenvalue weighted by molar-refractivity contribution is 8.76. The summed E-state index contributed by atoms with van der Waals surface area (Å²) in [5.74, 6) is 0. The van der Waals surface area contributed by atoms with Crippen molar-refractivity contribution in [1.82, 2.24) is 3.71 Å². The highest BCUT2D eigenvalue weighted by Crippen LogP contribution is 2.27. The van der Waals surface area contributed by atoms with Crippen LogP contribution in [0.15, 0.2) is 0 Å². The Balaban J connectivity index is 2.83. The quantitative estimate of drug-likeness (QED) is 0.524. The molecule has 7 heavy (non-hydrogen) atoms. The Morgan fingerprint density at radius 2 is 2.29 bits per heavy atom. The lowest BCUT2D eigenvalue weighted by Crippen LogP contribution is -1.91. The molecule has 0 aromatic carbocycles. The normalized spacial score (nSPS) is 10.3. The minimum absolute atomic E-state index is 1.12. The van der Waals surface area contributed by atoms with E-state index in [1.54, 1.807) is 3.71 Å². The van der Waals surface area contributed by atoms with Crippen LogP contribution in [0.4, 0.5) is 0 Å². The lowest BCUT2D eigenvalue weighted by Gasteiger charge is -2.03. The number of nitrogens with two attached hydrogens (primary N) is 1. The van der Waals surface area contributed by atoms with Gasteiger partial charge in [0.15, 0.2) is 0 Å². The summed E-state index contributed by atoms with van der Waals surface area (Å²) in [5.41, 5.74) is 0. The summed E-state index contributed by atoms with van der Waals surface area (Å²) in [5, 5.41) is 5.07. The van der Waals surface area contributed by atoms with Gasteiger partial charge in [0.05, 0.1) is 0 Å². The van der Waals surface area contributed by atoms with Crippen molar-refractivity contribution in [2.75, 3.05) is 7.05 Å². The Bertz CT molecular complexity index is 43.9. The van der Waals surface area contributed by atoms with Crippen LogP contribution in [0.3, 0.4) is 0 Å². The second-order valence-corrected chi connectivity index (χ2v) is 3.92. The number of halogens is 1. The first kappa shape index (κ1) is 8.26. The third kappa shape index (κ3) is 5.13. The summed E-state index contributed by atoms with van der Waals surface area (Å²) < 4.78 is 1.74. The van der Waals surface area contributed by atoms with Crippen LogP contribution in [-0.2, 0) is 0 Å². The maximum atomic E-state index is 5.28. The average Bonchev–Trinajstić information content (AvgIpc) is 1.68. The summed E-state index contributed by atoms with van der Waals surface area (Å²) in [6.07, 6.45) is 0. The van der Waals surface area contributed by atoms with Gasteiger partial charge < -0.3 is 0 Å². The van der Waals surface area contributed by atoms with Crippen molar-refractivity contribution in [3.63, 3.8) is 0 Å². The number of nitrogens with zero attached hydrogens (tertiary/aromatic N) is 1. The zero-order chi connectivity index (χ0) is 5.70. The number of hydrogen-bond donors (Lipinski definition) is 1. The van der Waals surface area contributed by atoms with Gasteiger partial charge in [-0.15, -0.1) is 0 Å². The third-order valence-electron chi connectivity index (χ3n) is 0.245. The van der Waals surface area contributed by atoms with Crippen LogP contribution in [0.1, 0.15) is 0 Å². The molecule has 0 saturated carbocycles. The molecule has 0 heterocycles. The van der Waals surface area contributed by atoms with Gasteiger partial charge in [-0.2, -0.15) is 3.71 Å². The Hall–Kier alpha value is 1.26. The summed E-state index contributed by atoms with van der Waals surface area (Å²) >= 11 is 1.12. The second kappa shape index (κ2) is 5.40. The van der Waals surface area contributed by atoms with E-state index < -0.39 is 0 Å². The first-order valence-corrected chi connectivity index (χ1v) is 5.14. The molecule has 0 aromatic rings. The van der Waals surface area contributed by atoms with Gasteiger partial charge in [0.25, 0.3) is 0 Å². The monoisotopic (exact) mass is 176 g/mol. The maximum absolute atomic E-state index is 5.28. The van der Waals surface area contributed by atoms with E-state index in [0.29, 0.717) is 0 Å². The van der Waals surface area contributed by atoms with Gasteiger partial charge >= 0.3 is 0 Å². The van der Waals surface area contributed by atoms with E-state index in [1.165, 1.54) is 22.0 Å². The van der Waals surface area contributed by atoms with Crippen molar-refractivity contribution in [3.8, 4) is 0 Å². The predicted octanol–water partition coefficient (Wildman–Crippen LogP) is 1.89. The fourth-order valence-electron chi connectivity index (χ4n) is 0.0721. The minimum Gasteiger partial charge on any atom is -0.267 e. The fourth-order valence-corrected chi connectivity index (χ4v) is 1.79. The molecule has 0 fully saturated rings. The molecule has 6 heteroatoms. The van der Waals surface area contributed by atoms with E-state index in [-0.39, 0.29) is 0 Å². The van der Waals surface area contributed by atoms with E-state index in [2.05, 4.69) is 0 Å². The third-order valence-corrected chi connectivity index (χ3v) is 3.26. The van der Waals surface area contributed by atoms with E-state index >= 15 is 0 Å². The average molecular weight is 177 g/mol. The Morgan fingerprint density at radius 3 is 2.43 bits per heavy atom. The summed E-state index contributed by atoms with van der Waals surface area (Å²) in [6, 6.07) is 0. The molecule has 0 radical (unpaired) electrons. The van der Waals surface area contributed by atoms with Crippen molar-refractivity contribution < 1.29 is 0 Å². The van der Waals surface area contributed by atoms with Gasteiger partial charge in [-0.3, -0.25) is 5.14 Å². The molecule has 0 atom stereocenters. The summed E-state index contributed by atoms with van der Waals surface area (Å²) in [4.78, 5) is 0. The molecule has 0 saturated heterocycles. The highest BCUT2D eigenvalue weighted by Gasteiger charge is 1.92. The van der Waals surface area contributed by atoms with Crippen molar-refractivity contribution >= 4 is 43.8 Å². The molecular weight excluding hydrogens is 172 g/mol. The first-order valence-electron chi connectivity index (χ1n) is 1.37. The van der Waals surface area contributed by atoms with Gasteiger partial charge in [0.1, 0.15) is 0 Å². The van der Waals surface area contributed by atoms with Crippen LogP contribution in [0, 0.1) is 0 Å². The molecular formula is CH5ClN2S3. The maximum Gasteiger partial charge on any atom is 0.0420 e. The van der Waals surface area contributed by atoms with Crippen LogP contribution < -0.4 is 5.14 Å². The highest BCUT2D eigenvalue weighted by atomic mass is 35.7. The number of rotatable bonds is 3. The van der Waals surface area contributed by atoms with Gasteiger partial charge in [0, 0.05) is 40.2 Å². The van der Waals surface area contributed by atoms with Crippen molar-refractivity contribution in [1.29, 1.82) is 0 Å². The van der Waals surface area contributed by atoms with Crippen LogP contribution in [-0.4, -0.2) is 10.8 Å². The molecule has 44 valence electrons. The van der Waals surface area contributed by atoms with E-state index in [0.717, 1.165) is 11.2 Å². The molecule has 0 unspecified atom stereocenters. The molecule has 0 aromatic heterocycles. The van der Waals surface area contributed by atoms with Crippen molar-refractivity contribution in [3.05, 3.63) is 0 Å². The standard InChI is InChI=1S/CH5ClN2S3/c1-4(5-2)7-6-3/h3H2,1H3. The molecule has 0 spiro atoms. The van der Waals surface area contributed by atoms with Crippen LogP contribution in [0.25, 0.3) is 0 Å². The Morgan fingerprint density at radius 1 is 1.71 bits per heavy atom. The van der Waals surface area contributed by atoms with Crippen LogP contribution in [0.5, 0.6) is 0 Å². The first-order chi connectivity index (χ1) is 3.31. The van der Waals surface area contributed by atoms with Crippen molar-refractivity contribution in [2.24, 2.45) is 5.14 Å². The molecule has 2 N–H and O–H groups in total. The van der Waals surface area contributed by atoms with Gasteiger partial charge in [0.2, 0.25) is 0 Å². The van der Waals surface area contributed by atoms with Gasteiger partial charge in [-0.25, -0.2) is 0 Å².